The Hall–Kier alpha value is -3.16. The number of non-ortho nitro benzene ring substituents is 1. The smallest absolute Gasteiger partial charge is 0.269 e. The van der Waals surface area contributed by atoms with Gasteiger partial charge < -0.3 is 5.73 Å². The maximum Gasteiger partial charge on any atom is 0.269 e. The number of nitrogen functional groups attached to an aromatic ring is 1. The summed E-state index contributed by atoms with van der Waals surface area (Å²) < 4.78 is 1.68. The zero-order valence-electron chi connectivity index (χ0n) is 13.6. The van der Waals surface area contributed by atoms with Gasteiger partial charge >= 0.3 is 0 Å². The van der Waals surface area contributed by atoms with Crippen molar-refractivity contribution in [3.8, 4) is 16.8 Å². The molecule has 0 bridgehead atoms. The highest BCUT2D eigenvalue weighted by atomic mass is 35.5. The molecule has 2 N–H and O–H groups in total. The number of nitro groups is 1. The summed E-state index contributed by atoms with van der Waals surface area (Å²) in [6.07, 6.45) is 1.35. The van der Waals surface area contributed by atoms with Gasteiger partial charge in [-0.1, -0.05) is 35.3 Å². The SMILES string of the molecule is Nc1ncnc2c1c(-c1ccc(Cl)cc1)c(Cl)n2-c1ccc([N+](=O)[O-])cc1. The first-order valence-electron chi connectivity index (χ1n) is 7.78. The minimum absolute atomic E-state index is 0.0154. The van der Waals surface area contributed by atoms with Crippen LogP contribution in [-0.2, 0) is 0 Å². The van der Waals surface area contributed by atoms with Gasteiger partial charge in [0, 0.05) is 28.4 Å². The molecule has 0 spiro atoms. The van der Waals surface area contributed by atoms with Crippen molar-refractivity contribution in [2.24, 2.45) is 0 Å². The maximum absolute atomic E-state index is 10.9. The molecule has 0 amide bonds. The van der Waals surface area contributed by atoms with Crippen molar-refractivity contribution in [3.05, 3.63) is 75.1 Å². The van der Waals surface area contributed by atoms with Crippen molar-refractivity contribution < 1.29 is 4.92 Å². The van der Waals surface area contributed by atoms with Crippen LogP contribution in [0.1, 0.15) is 0 Å². The Bertz CT molecular complexity index is 1170. The van der Waals surface area contributed by atoms with Crippen molar-refractivity contribution in [3.63, 3.8) is 0 Å². The summed E-state index contributed by atoms with van der Waals surface area (Å²) in [7, 11) is 0. The summed E-state index contributed by atoms with van der Waals surface area (Å²) in [5.74, 6) is 0.285. The molecule has 0 aliphatic carbocycles. The van der Waals surface area contributed by atoms with E-state index in [1.54, 1.807) is 28.8 Å². The normalized spacial score (nSPS) is 11.0. The number of fused-ring (bicyclic) bond motifs is 1. The number of nitro benzene ring substituents is 1. The Morgan fingerprint density at radius 1 is 1.00 bits per heavy atom. The lowest BCUT2D eigenvalue weighted by molar-refractivity contribution is -0.384. The summed E-state index contributed by atoms with van der Waals surface area (Å²) in [6.45, 7) is 0. The zero-order valence-corrected chi connectivity index (χ0v) is 15.1. The van der Waals surface area contributed by atoms with Crippen LogP contribution < -0.4 is 5.73 Å². The Labute approximate surface area is 163 Å². The second-order valence-corrected chi connectivity index (χ2v) is 6.53. The molecular formula is C18H11Cl2N5O2. The van der Waals surface area contributed by atoms with Crippen LogP contribution in [-0.4, -0.2) is 19.5 Å². The van der Waals surface area contributed by atoms with Crippen LogP contribution in [0.3, 0.4) is 0 Å². The van der Waals surface area contributed by atoms with Gasteiger partial charge in [0.1, 0.15) is 17.3 Å². The molecule has 0 saturated heterocycles. The van der Waals surface area contributed by atoms with Gasteiger partial charge in [-0.05, 0) is 29.8 Å². The number of halogens is 2. The van der Waals surface area contributed by atoms with Crippen molar-refractivity contribution in [2.45, 2.75) is 0 Å². The topological polar surface area (TPSA) is 99.9 Å². The van der Waals surface area contributed by atoms with E-state index in [1.165, 1.54) is 18.5 Å². The Balaban J connectivity index is 2.02. The number of hydrogen-bond donors (Lipinski definition) is 1. The Morgan fingerprint density at radius 3 is 2.30 bits per heavy atom. The molecule has 2 aromatic carbocycles. The van der Waals surface area contributed by atoms with Crippen LogP contribution in [0.4, 0.5) is 11.5 Å². The number of hydrogen-bond acceptors (Lipinski definition) is 5. The monoisotopic (exact) mass is 399 g/mol. The third-order valence-corrected chi connectivity index (χ3v) is 4.78. The van der Waals surface area contributed by atoms with E-state index in [0.717, 1.165) is 5.56 Å². The summed E-state index contributed by atoms with van der Waals surface area (Å²) >= 11 is 12.7. The molecule has 134 valence electrons. The minimum Gasteiger partial charge on any atom is -0.383 e. The number of rotatable bonds is 3. The second-order valence-electron chi connectivity index (χ2n) is 5.74. The summed E-state index contributed by atoms with van der Waals surface area (Å²) in [4.78, 5) is 18.9. The molecule has 0 fully saturated rings. The van der Waals surface area contributed by atoms with E-state index in [4.69, 9.17) is 28.9 Å². The molecule has 27 heavy (non-hydrogen) atoms. The van der Waals surface area contributed by atoms with Crippen LogP contribution in [0.15, 0.2) is 54.9 Å². The summed E-state index contributed by atoms with van der Waals surface area (Å²) in [5, 5.41) is 12.5. The minimum atomic E-state index is -0.460. The van der Waals surface area contributed by atoms with Gasteiger partial charge in [-0.25, -0.2) is 9.97 Å². The van der Waals surface area contributed by atoms with Gasteiger partial charge in [0.05, 0.1) is 10.3 Å². The largest absolute Gasteiger partial charge is 0.383 e. The summed E-state index contributed by atoms with van der Waals surface area (Å²) in [6, 6.07) is 13.2. The number of nitrogens with zero attached hydrogens (tertiary/aromatic N) is 4. The Morgan fingerprint density at radius 2 is 1.67 bits per heavy atom. The van der Waals surface area contributed by atoms with E-state index in [9.17, 15) is 10.1 Å². The van der Waals surface area contributed by atoms with E-state index in [2.05, 4.69) is 9.97 Å². The predicted molar refractivity (Wildman–Crippen MR) is 105 cm³/mol. The van der Waals surface area contributed by atoms with Crippen LogP contribution in [0, 0.1) is 10.1 Å². The average molecular weight is 400 g/mol. The van der Waals surface area contributed by atoms with Crippen LogP contribution >= 0.6 is 23.2 Å². The van der Waals surface area contributed by atoms with Crippen molar-refractivity contribution in [1.82, 2.24) is 14.5 Å². The first-order valence-corrected chi connectivity index (χ1v) is 8.54. The van der Waals surface area contributed by atoms with Gasteiger partial charge in [0.25, 0.3) is 5.69 Å². The van der Waals surface area contributed by atoms with E-state index in [-0.39, 0.29) is 11.5 Å². The fraction of sp³-hybridized carbons (Fsp3) is 0. The van der Waals surface area contributed by atoms with Crippen molar-refractivity contribution in [2.75, 3.05) is 5.73 Å². The van der Waals surface area contributed by atoms with Crippen molar-refractivity contribution >= 4 is 45.7 Å². The fourth-order valence-corrected chi connectivity index (χ4v) is 3.45. The standard InChI is InChI=1S/C18H11Cl2N5O2/c19-11-3-1-10(2-4-11)14-15-17(21)22-9-23-18(15)24(16(14)20)12-5-7-13(8-6-12)25(26)27/h1-9H,(H2,21,22,23). The molecule has 0 atom stereocenters. The number of benzene rings is 2. The van der Waals surface area contributed by atoms with Gasteiger partial charge in [-0.2, -0.15) is 0 Å². The molecular weight excluding hydrogens is 389 g/mol. The maximum atomic E-state index is 10.9. The Kier molecular flexibility index (Phi) is 4.18. The predicted octanol–water partition coefficient (Wildman–Crippen LogP) is 4.88. The molecule has 0 saturated carbocycles. The highest BCUT2D eigenvalue weighted by molar-refractivity contribution is 6.35. The fourth-order valence-electron chi connectivity index (χ4n) is 2.95. The molecule has 0 aliphatic heterocycles. The van der Waals surface area contributed by atoms with Crippen LogP contribution in [0.25, 0.3) is 27.8 Å². The third kappa shape index (κ3) is 2.87. The molecule has 0 aliphatic rings. The first kappa shape index (κ1) is 17.3. The molecule has 7 nitrogen and oxygen atoms in total. The number of nitrogens with two attached hydrogens (primary N) is 1. The van der Waals surface area contributed by atoms with E-state index in [1.807, 2.05) is 12.1 Å². The average Bonchev–Trinajstić information content (AvgIpc) is 2.96. The third-order valence-electron chi connectivity index (χ3n) is 4.17. The van der Waals surface area contributed by atoms with E-state index < -0.39 is 4.92 Å². The van der Waals surface area contributed by atoms with Crippen molar-refractivity contribution in [1.29, 1.82) is 0 Å². The first-order chi connectivity index (χ1) is 13.0. The van der Waals surface area contributed by atoms with E-state index in [0.29, 0.717) is 32.5 Å². The molecule has 4 aromatic rings. The molecule has 9 heteroatoms. The molecule has 2 heterocycles. The number of aromatic nitrogens is 3. The molecule has 4 rings (SSSR count). The van der Waals surface area contributed by atoms with Crippen LogP contribution in [0.5, 0.6) is 0 Å². The van der Waals surface area contributed by atoms with Gasteiger partial charge in [-0.3, -0.25) is 14.7 Å². The lowest BCUT2D eigenvalue weighted by atomic mass is 10.1. The number of anilines is 1. The second kappa shape index (κ2) is 6.53. The van der Waals surface area contributed by atoms with Gasteiger partial charge in [0.15, 0.2) is 5.65 Å². The highest BCUT2D eigenvalue weighted by Gasteiger charge is 2.22. The summed E-state index contributed by atoms with van der Waals surface area (Å²) in [5.41, 5.74) is 8.69. The van der Waals surface area contributed by atoms with Crippen LogP contribution in [0.2, 0.25) is 10.2 Å². The quantitative estimate of drug-likeness (QED) is 0.390. The van der Waals surface area contributed by atoms with Gasteiger partial charge in [0.2, 0.25) is 0 Å². The molecule has 0 unspecified atom stereocenters. The highest BCUT2D eigenvalue weighted by Crippen LogP contribution is 2.41. The van der Waals surface area contributed by atoms with Gasteiger partial charge in [-0.15, -0.1) is 0 Å². The van der Waals surface area contributed by atoms with E-state index >= 15 is 0 Å². The lowest BCUT2D eigenvalue weighted by Gasteiger charge is -2.06. The lowest BCUT2D eigenvalue weighted by Crippen LogP contribution is -1.98. The molecule has 0 radical (unpaired) electrons. The molecule has 2 aromatic heterocycles. The zero-order chi connectivity index (χ0) is 19.1.